The van der Waals surface area contributed by atoms with Crippen molar-refractivity contribution in [1.29, 1.82) is 0 Å². The highest BCUT2D eigenvalue weighted by molar-refractivity contribution is 14.0. The molecule has 4 N–H and O–H groups in total. The molecule has 2 atom stereocenters. The number of nitrogens with two attached hydrogens (primary N) is 1. The molecule has 1 aliphatic rings. The zero-order chi connectivity index (χ0) is 20.2. The Labute approximate surface area is 186 Å². The number of amides is 2. The van der Waals surface area contributed by atoms with Crippen LogP contribution < -0.4 is 16.4 Å². The SMILES string of the molecule is CCNC(=NCC(CC(C)C)NC(=O)OCC)N1CCCC(CC(N)=O)C1.I. The number of carbonyl (C=O) groups is 2. The third-order valence-electron chi connectivity index (χ3n) is 4.46. The first-order chi connectivity index (χ1) is 12.8. The van der Waals surface area contributed by atoms with Gasteiger partial charge in [-0.15, -0.1) is 24.0 Å². The lowest BCUT2D eigenvalue weighted by molar-refractivity contribution is -0.119. The molecule has 0 spiro atoms. The predicted octanol–water partition coefficient (Wildman–Crippen LogP) is 2.32. The minimum atomic E-state index is -0.400. The number of piperidine rings is 1. The Hall–Kier alpha value is -1.26. The fourth-order valence-corrected chi connectivity index (χ4v) is 3.42. The van der Waals surface area contributed by atoms with Crippen LogP contribution in [0.5, 0.6) is 0 Å². The molecule has 2 unspecified atom stereocenters. The summed E-state index contributed by atoms with van der Waals surface area (Å²) in [4.78, 5) is 30.0. The number of alkyl carbamates (subject to hydrolysis) is 1. The summed E-state index contributed by atoms with van der Waals surface area (Å²) in [5, 5.41) is 6.24. The average Bonchev–Trinajstić information content (AvgIpc) is 2.57. The van der Waals surface area contributed by atoms with Crippen molar-refractivity contribution in [3.63, 3.8) is 0 Å². The molecule has 1 fully saturated rings. The highest BCUT2D eigenvalue weighted by Gasteiger charge is 2.24. The van der Waals surface area contributed by atoms with Crippen LogP contribution in [0.4, 0.5) is 4.79 Å². The molecule has 0 aromatic carbocycles. The van der Waals surface area contributed by atoms with Gasteiger partial charge in [-0.25, -0.2) is 4.79 Å². The topological polar surface area (TPSA) is 109 Å². The first-order valence-corrected chi connectivity index (χ1v) is 10.1. The highest BCUT2D eigenvalue weighted by Crippen LogP contribution is 2.19. The van der Waals surface area contributed by atoms with Crippen molar-refractivity contribution in [2.45, 2.75) is 59.4 Å². The second kappa shape index (κ2) is 14.7. The molecule has 0 aromatic rings. The molecule has 8 nitrogen and oxygen atoms in total. The number of nitrogens with zero attached hydrogens (tertiary/aromatic N) is 2. The van der Waals surface area contributed by atoms with Crippen LogP contribution in [-0.4, -0.2) is 61.7 Å². The number of hydrogen-bond acceptors (Lipinski definition) is 4. The largest absolute Gasteiger partial charge is 0.450 e. The normalized spacial score (nSPS) is 18.2. The number of rotatable bonds is 9. The molecule has 1 rings (SSSR count). The smallest absolute Gasteiger partial charge is 0.407 e. The van der Waals surface area contributed by atoms with E-state index in [-0.39, 0.29) is 41.8 Å². The predicted molar refractivity (Wildman–Crippen MR) is 123 cm³/mol. The molecule has 28 heavy (non-hydrogen) atoms. The quantitative estimate of drug-likeness (QED) is 0.250. The van der Waals surface area contributed by atoms with Crippen LogP contribution in [-0.2, 0) is 9.53 Å². The van der Waals surface area contributed by atoms with Gasteiger partial charge in [-0.2, -0.15) is 0 Å². The lowest BCUT2D eigenvalue weighted by atomic mass is 9.95. The monoisotopic (exact) mass is 511 g/mol. The van der Waals surface area contributed by atoms with Crippen molar-refractivity contribution >= 4 is 41.9 Å². The number of carbonyl (C=O) groups excluding carboxylic acids is 2. The third kappa shape index (κ3) is 10.9. The molecule has 0 bridgehead atoms. The van der Waals surface area contributed by atoms with Gasteiger partial charge in [-0.05, 0) is 44.9 Å². The molecule has 0 aromatic heterocycles. The van der Waals surface area contributed by atoms with Crippen molar-refractivity contribution < 1.29 is 14.3 Å². The van der Waals surface area contributed by atoms with Gasteiger partial charge in [-0.3, -0.25) is 9.79 Å². The first kappa shape index (κ1) is 26.7. The number of guanidine groups is 1. The van der Waals surface area contributed by atoms with Gasteiger partial charge in [0.1, 0.15) is 0 Å². The number of nitrogens with one attached hydrogen (secondary N) is 2. The Kier molecular flexibility index (Phi) is 14.0. The molecular weight excluding hydrogens is 473 g/mol. The fraction of sp³-hybridized carbons (Fsp3) is 0.842. The Morgan fingerprint density at radius 3 is 2.61 bits per heavy atom. The van der Waals surface area contributed by atoms with Gasteiger partial charge in [0.25, 0.3) is 0 Å². The lowest BCUT2D eigenvalue weighted by Crippen LogP contribution is -2.48. The van der Waals surface area contributed by atoms with E-state index >= 15 is 0 Å². The minimum Gasteiger partial charge on any atom is -0.450 e. The summed E-state index contributed by atoms with van der Waals surface area (Å²) in [7, 11) is 0. The summed E-state index contributed by atoms with van der Waals surface area (Å²) in [5.41, 5.74) is 5.36. The maximum atomic E-state index is 11.8. The summed E-state index contributed by atoms with van der Waals surface area (Å²) in [6.45, 7) is 11.3. The summed E-state index contributed by atoms with van der Waals surface area (Å²) in [5.74, 6) is 1.28. The fourth-order valence-electron chi connectivity index (χ4n) is 3.42. The van der Waals surface area contributed by atoms with Gasteiger partial charge < -0.3 is 26.0 Å². The highest BCUT2D eigenvalue weighted by atomic mass is 127. The molecule has 164 valence electrons. The van der Waals surface area contributed by atoms with E-state index < -0.39 is 6.09 Å². The second-order valence-corrected chi connectivity index (χ2v) is 7.51. The van der Waals surface area contributed by atoms with Crippen LogP contribution in [0.15, 0.2) is 4.99 Å². The Morgan fingerprint density at radius 2 is 2.04 bits per heavy atom. The van der Waals surface area contributed by atoms with E-state index in [0.717, 1.165) is 44.9 Å². The number of hydrogen-bond donors (Lipinski definition) is 3. The van der Waals surface area contributed by atoms with Crippen molar-refractivity contribution in [2.75, 3.05) is 32.8 Å². The molecule has 2 amide bonds. The lowest BCUT2D eigenvalue weighted by Gasteiger charge is -2.35. The van der Waals surface area contributed by atoms with Crippen LogP contribution >= 0.6 is 24.0 Å². The average molecular weight is 511 g/mol. The molecule has 0 radical (unpaired) electrons. The Balaban J connectivity index is 0.00000729. The summed E-state index contributed by atoms with van der Waals surface area (Å²) >= 11 is 0. The number of aliphatic imine (C=N–C) groups is 1. The molecule has 0 aliphatic carbocycles. The summed E-state index contributed by atoms with van der Waals surface area (Å²) in [6, 6.07) is -0.0797. The number of likely N-dealkylation sites (tertiary alicyclic amines) is 1. The molecule has 1 aliphatic heterocycles. The maximum Gasteiger partial charge on any atom is 0.407 e. The van der Waals surface area contributed by atoms with Gasteiger partial charge in [0, 0.05) is 26.1 Å². The minimum absolute atomic E-state index is 0. The molecule has 9 heteroatoms. The van der Waals surface area contributed by atoms with E-state index in [0.29, 0.717) is 25.5 Å². The van der Waals surface area contributed by atoms with Crippen LogP contribution in [0.25, 0.3) is 0 Å². The standard InChI is InChI=1S/C19H37N5O3.HI/c1-5-21-18(24-9-7-8-15(13-24)11-17(20)25)22-12-16(10-14(3)4)23-19(26)27-6-2;/h14-16H,5-13H2,1-4H3,(H2,20,25)(H,21,22)(H,23,26);1H. The zero-order valence-electron chi connectivity index (χ0n) is 17.7. The van der Waals surface area contributed by atoms with E-state index in [1.807, 2.05) is 6.92 Å². The Bertz CT molecular complexity index is 502. The van der Waals surface area contributed by atoms with E-state index in [9.17, 15) is 9.59 Å². The third-order valence-corrected chi connectivity index (χ3v) is 4.46. The van der Waals surface area contributed by atoms with Gasteiger partial charge >= 0.3 is 6.09 Å². The summed E-state index contributed by atoms with van der Waals surface area (Å²) in [6.07, 6.45) is 2.86. The van der Waals surface area contributed by atoms with E-state index in [4.69, 9.17) is 15.5 Å². The van der Waals surface area contributed by atoms with E-state index in [1.54, 1.807) is 6.92 Å². The Morgan fingerprint density at radius 1 is 1.32 bits per heavy atom. The second-order valence-electron chi connectivity index (χ2n) is 7.51. The van der Waals surface area contributed by atoms with Crippen LogP contribution in [0.1, 0.15) is 53.4 Å². The zero-order valence-corrected chi connectivity index (χ0v) is 20.0. The van der Waals surface area contributed by atoms with Crippen molar-refractivity contribution in [3.05, 3.63) is 0 Å². The number of primary amides is 1. The van der Waals surface area contributed by atoms with Crippen LogP contribution in [0.3, 0.4) is 0 Å². The van der Waals surface area contributed by atoms with E-state index in [2.05, 4.69) is 29.4 Å². The maximum absolute atomic E-state index is 11.8. The molecule has 1 heterocycles. The van der Waals surface area contributed by atoms with Crippen molar-refractivity contribution in [1.82, 2.24) is 15.5 Å². The summed E-state index contributed by atoms with van der Waals surface area (Å²) < 4.78 is 5.01. The van der Waals surface area contributed by atoms with Gasteiger partial charge in [-0.1, -0.05) is 13.8 Å². The molecule has 0 saturated carbocycles. The molecular formula is C19H38IN5O3. The number of ether oxygens (including phenoxy) is 1. The van der Waals surface area contributed by atoms with Crippen molar-refractivity contribution in [3.8, 4) is 0 Å². The van der Waals surface area contributed by atoms with Crippen LogP contribution in [0, 0.1) is 11.8 Å². The molecule has 1 saturated heterocycles. The van der Waals surface area contributed by atoms with E-state index in [1.165, 1.54) is 0 Å². The van der Waals surface area contributed by atoms with Gasteiger partial charge in [0.05, 0.1) is 19.2 Å². The van der Waals surface area contributed by atoms with Crippen molar-refractivity contribution in [2.24, 2.45) is 22.6 Å². The van der Waals surface area contributed by atoms with Gasteiger partial charge in [0.2, 0.25) is 5.91 Å². The first-order valence-electron chi connectivity index (χ1n) is 10.1. The van der Waals surface area contributed by atoms with Crippen LogP contribution in [0.2, 0.25) is 0 Å². The number of halogens is 1. The van der Waals surface area contributed by atoms with Gasteiger partial charge in [0.15, 0.2) is 5.96 Å².